The van der Waals surface area contributed by atoms with E-state index in [2.05, 4.69) is 10.2 Å². The molecule has 0 saturated heterocycles. The number of anilines is 1. The number of nitrogens with two attached hydrogens (primary N) is 1. The molecule has 7 heteroatoms. The van der Waals surface area contributed by atoms with Gasteiger partial charge in [-0.1, -0.05) is 0 Å². The Kier molecular flexibility index (Phi) is 3.97. The van der Waals surface area contributed by atoms with Crippen LogP contribution in [0.4, 0.5) is 11.4 Å². The lowest BCUT2D eigenvalue weighted by Crippen LogP contribution is -2.31. The van der Waals surface area contributed by atoms with E-state index in [9.17, 15) is 0 Å². The average molecular weight is 277 g/mol. The van der Waals surface area contributed by atoms with E-state index in [0.717, 1.165) is 0 Å². The number of nitrogens with zero attached hydrogens (tertiary/aromatic N) is 4. The van der Waals surface area contributed by atoms with Crippen molar-refractivity contribution in [3.63, 3.8) is 0 Å². The largest absolute Gasteiger partial charge is 0.495 e. The molecule has 0 amide bonds. The fourth-order valence-electron chi connectivity index (χ4n) is 1.91. The quantitative estimate of drug-likeness (QED) is 0.673. The Morgan fingerprint density at radius 2 is 1.65 bits per heavy atom. The van der Waals surface area contributed by atoms with Crippen LogP contribution in [0.25, 0.3) is 0 Å². The van der Waals surface area contributed by atoms with Crippen LogP contribution in [0.2, 0.25) is 0 Å². The van der Waals surface area contributed by atoms with Crippen LogP contribution < -0.4 is 15.2 Å². The van der Waals surface area contributed by atoms with Crippen LogP contribution in [0, 0.1) is 0 Å². The zero-order valence-corrected chi connectivity index (χ0v) is 12.1. The topological polar surface area (TPSA) is 75.7 Å². The van der Waals surface area contributed by atoms with Crippen LogP contribution in [0.3, 0.4) is 0 Å². The summed E-state index contributed by atoms with van der Waals surface area (Å²) in [7, 11) is 6.99. The molecule has 1 aliphatic rings. The van der Waals surface area contributed by atoms with Crippen LogP contribution in [-0.2, 0) is 0 Å². The van der Waals surface area contributed by atoms with Gasteiger partial charge in [-0.05, 0) is 0 Å². The summed E-state index contributed by atoms with van der Waals surface area (Å²) in [6.07, 6.45) is 3.71. The molecule has 0 radical (unpaired) electrons. The lowest BCUT2D eigenvalue weighted by Gasteiger charge is -2.21. The maximum absolute atomic E-state index is 5.84. The molecule has 0 spiro atoms. The number of nitrogen functional groups attached to an aromatic ring is 1. The Balaban J connectivity index is 2.28. The fourth-order valence-corrected chi connectivity index (χ4v) is 1.91. The lowest BCUT2D eigenvalue weighted by molar-refractivity contribution is 0.206. The van der Waals surface area contributed by atoms with Gasteiger partial charge in [-0.25, -0.2) is 0 Å². The third-order valence-corrected chi connectivity index (χ3v) is 3.07. The highest BCUT2D eigenvalue weighted by Gasteiger charge is 2.19. The first-order valence-corrected chi connectivity index (χ1v) is 6.11. The molecule has 1 aliphatic heterocycles. The zero-order chi connectivity index (χ0) is 14.7. The predicted octanol–water partition coefficient (Wildman–Crippen LogP) is 2.00. The molecule has 0 bridgehead atoms. The summed E-state index contributed by atoms with van der Waals surface area (Å²) in [5, 5.41) is 8.56. The number of benzene rings is 1. The number of rotatable bonds is 4. The van der Waals surface area contributed by atoms with Gasteiger partial charge >= 0.3 is 0 Å². The van der Waals surface area contributed by atoms with E-state index in [0.29, 0.717) is 22.9 Å². The average Bonchev–Trinajstić information content (AvgIpc) is 2.76. The van der Waals surface area contributed by atoms with Gasteiger partial charge in [0.15, 0.2) is 0 Å². The third kappa shape index (κ3) is 2.61. The molecule has 2 rings (SSSR count). The minimum atomic E-state index is -0.164. The molecule has 0 unspecified atom stereocenters. The van der Waals surface area contributed by atoms with Crippen LogP contribution in [-0.4, -0.2) is 44.4 Å². The number of methoxy groups -OCH3 is 2. The first-order chi connectivity index (χ1) is 9.56. The van der Waals surface area contributed by atoms with Crippen molar-refractivity contribution < 1.29 is 9.47 Å². The maximum Gasteiger partial charge on any atom is 0.217 e. The van der Waals surface area contributed by atoms with Crippen LogP contribution in [0.15, 0.2) is 34.8 Å². The molecule has 1 heterocycles. The Bertz CT molecular complexity index is 532. The van der Waals surface area contributed by atoms with Gasteiger partial charge in [0.2, 0.25) is 6.29 Å². The van der Waals surface area contributed by atoms with Crippen LogP contribution in [0.5, 0.6) is 11.5 Å². The normalized spacial score (nSPS) is 15.4. The number of ether oxygens (including phenoxy) is 2. The van der Waals surface area contributed by atoms with Crippen molar-refractivity contribution in [1.82, 2.24) is 9.80 Å². The van der Waals surface area contributed by atoms with Crippen molar-refractivity contribution in [2.75, 3.05) is 34.0 Å². The van der Waals surface area contributed by atoms with E-state index < -0.39 is 0 Å². The van der Waals surface area contributed by atoms with E-state index in [4.69, 9.17) is 15.2 Å². The highest BCUT2D eigenvalue weighted by Crippen LogP contribution is 2.36. The minimum Gasteiger partial charge on any atom is -0.495 e. The molecule has 1 aromatic carbocycles. The summed E-state index contributed by atoms with van der Waals surface area (Å²) in [6, 6.07) is 3.38. The summed E-state index contributed by atoms with van der Waals surface area (Å²) in [4.78, 5) is 3.90. The van der Waals surface area contributed by atoms with Crippen molar-refractivity contribution in [3.05, 3.63) is 24.5 Å². The molecule has 0 aromatic heterocycles. The van der Waals surface area contributed by atoms with Crippen molar-refractivity contribution >= 4 is 11.4 Å². The smallest absolute Gasteiger partial charge is 0.217 e. The summed E-state index contributed by atoms with van der Waals surface area (Å²) in [5.74, 6) is 1.11. The Labute approximate surface area is 118 Å². The van der Waals surface area contributed by atoms with E-state index in [1.807, 2.05) is 36.3 Å². The fraction of sp³-hybridized carbons (Fsp3) is 0.385. The van der Waals surface area contributed by atoms with Crippen LogP contribution >= 0.6 is 0 Å². The number of hydrogen-bond donors (Lipinski definition) is 1. The molecular formula is C13H19N5O2. The Morgan fingerprint density at radius 3 is 2.20 bits per heavy atom. The van der Waals surface area contributed by atoms with Crippen molar-refractivity contribution in [1.29, 1.82) is 0 Å². The van der Waals surface area contributed by atoms with Gasteiger partial charge in [-0.3, -0.25) is 0 Å². The van der Waals surface area contributed by atoms with E-state index in [1.165, 1.54) is 0 Å². The summed E-state index contributed by atoms with van der Waals surface area (Å²) >= 11 is 0. The van der Waals surface area contributed by atoms with Gasteiger partial charge in [0.05, 0.1) is 19.9 Å². The van der Waals surface area contributed by atoms with Crippen molar-refractivity contribution in [2.45, 2.75) is 6.29 Å². The molecule has 108 valence electrons. The minimum absolute atomic E-state index is 0.164. The van der Waals surface area contributed by atoms with E-state index in [-0.39, 0.29) is 6.29 Å². The zero-order valence-electron chi connectivity index (χ0n) is 12.1. The summed E-state index contributed by atoms with van der Waals surface area (Å²) < 4.78 is 10.4. The highest BCUT2D eigenvalue weighted by molar-refractivity contribution is 5.66. The molecule has 0 atom stereocenters. The van der Waals surface area contributed by atoms with Gasteiger partial charge in [0.1, 0.15) is 17.2 Å². The molecular weight excluding hydrogens is 258 g/mol. The van der Waals surface area contributed by atoms with Gasteiger partial charge in [0.25, 0.3) is 0 Å². The summed E-state index contributed by atoms with van der Waals surface area (Å²) in [5.41, 5.74) is 6.91. The van der Waals surface area contributed by atoms with Crippen molar-refractivity contribution in [2.24, 2.45) is 10.2 Å². The van der Waals surface area contributed by atoms with Gasteiger partial charge in [-0.15, -0.1) is 10.2 Å². The first-order valence-electron chi connectivity index (χ1n) is 6.11. The second-order valence-electron chi connectivity index (χ2n) is 4.46. The standard InChI is InChI=1S/C13H19N5O2/c1-17-5-6-18(2)13(17)16-15-10-8-11(19-3)9(14)7-12(10)20-4/h5-8,13H,14H2,1-4H3/b16-15+. The second kappa shape index (κ2) is 5.68. The monoisotopic (exact) mass is 277 g/mol. The molecule has 0 saturated carbocycles. The maximum atomic E-state index is 5.84. The van der Waals surface area contributed by atoms with Gasteiger partial charge in [0, 0.05) is 38.6 Å². The SMILES string of the molecule is COc1cc(/N=N/C2N(C)C=CN2C)c(OC)cc1N. The first kappa shape index (κ1) is 14.0. The molecule has 0 aliphatic carbocycles. The van der Waals surface area contributed by atoms with E-state index >= 15 is 0 Å². The second-order valence-corrected chi connectivity index (χ2v) is 4.46. The van der Waals surface area contributed by atoms with Gasteiger partial charge in [-0.2, -0.15) is 0 Å². The number of hydrogen-bond acceptors (Lipinski definition) is 7. The molecule has 7 nitrogen and oxygen atoms in total. The number of azo groups is 1. The predicted molar refractivity (Wildman–Crippen MR) is 76.9 cm³/mol. The highest BCUT2D eigenvalue weighted by atomic mass is 16.5. The molecule has 0 fully saturated rings. The van der Waals surface area contributed by atoms with E-state index in [1.54, 1.807) is 26.4 Å². The lowest BCUT2D eigenvalue weighted by atomic mass is 10.2. The van der Waals surface area contributed by atoms with Crippen molar-refractivity contribution in [3.8, 4) is 11.5 Å². The molecule has 2 N–H and O–H groups in total. The van der Waals surface area contributed by atoms with Crippen LogP contribution in [0.1, 0.15) is 0 Å². The molecule has 1 aromatic rings. The Hall–Kier alpha value is -2.44. The summed E-state index contributed by atoms with van der Waals surface area (Å²) in [6.45, 7) is 0. The molecule has 20 heavy (non-hydrogen) atoms. The van der Waals surface area contributed by atoms with Gasteiger partial charge < -0.3 is 25.0 Å². The third-order valence-electron chi connectivity index (χ3n) is 3.07. The Morgan fingerprint density at radius 1 is 1.05 bits per heavy atom.